The molecule has 1 heterocycles. The molecule has 4 nitrogen and oxygen atoms in total. The molecule has 0 aliphatic rings. The summed E-state index contributed by atoms with van der Waals surface area (Å²) in [5, 5.41) is 2.77. The molecular formula is C13H14N2O2. The quantitative estimate of drug-likeness (QED) is 0.877. The number of amides is 1. The molecule has 0 atom stereocenters. The summed E-state index contributed by atoms with van der Waals surface area (Å²) in [7, 11) is 0. The lowest BCUT2D eigenvalue weighted by Gasteiger charge is -2.02. The number of oxazole rings is 1. The summed E-state index contributed by atoms with van der Waals surface area (Å²) in [6.07, 6.45) is 2.18. The van der Waals surface area contributed by atoms with Gasteiger partial charge in [0.2, 0.25) is 5.76 Å². The second kappa shape index (κ2) is 5.30. The highest BCUT2D eigenvalue weighted by atomic mass is 16.3. The first-order valence-electron chi connectivity index (χ1n) is 5.60. The number of benzene rings is 1. The van der Waals surface area contributed by atoms with Gasteiger partial charge in [0.05, 0.1) is 0 Å². The molecule has 4 heteroatoms. The monoisotopic (exact) mass is 230 g/mol. The highest BCUT2D eigenvalue weighted by molar-refractivity contribution is 5.97. The van der Waals surface area contributed by atoms with Crippen LogP contribution in [-0.4, -0.2) is 17.4 Å². The van der Waals surface area contributed by atoms with Gasteiger partial charge in [-0.25, -0.2) is 4.98 Å². The van der Waals surface area contributed by atoms with Gasteiger partial charge >= 0.3 is 0 Å². The second-order valence-electron chi connectivity index (χ2n) is 3.65. The van der Waals surface area contributed by atoms with Crippen molar-refractivity contribution in [3.63, 3.8) is 0 Å². The van der Waals surface area contributed by atoms with Crippen LogP contribution in [0.4, 0.5) is 0 Å². The van der Waals surface area contributed by atoms with Gasteiger partial charge in [-0.05, 0) is 6.42 Å². The van der Waals surface area contributed by atoms with Crippen LogP contribution in [0.5, 0.6) is 0 Å². The first-order chi connectivity index (χ1) is 8.33. The molecule has 2 aromatic rings. The van der Waals surface area contributed by atoms with E-state index in [1.54, 1.807) is 0 Å². The summed E-state index contributed by atoms with van der Waals surface area (Å²) in [5.74, 6) is 0.0489. The predicted octanol–water partition coefficient (Wildman–Crippen LogP) is 2.48. The van der Waals surface area contributed by atoms with Crippen LogP contribution in [0.25, 0.3) is 11.3 Å². The molecule has 0 bridgehead atoms. The first-order valence-corrected chi connectivity index (χ1v) is 5.60. The highest BCUT2D eigenvalue weighted by Crippen LogP contribution is 2.21. The fraction of sp³-hybridized carbons (Fsp3) is 0.231. The van der Waals surface area contributed by atoms with Crippen LogP contribution in [0.3, 0.4) is 0 Å². The summed E-state index contributed by atoms with van der Waals surface area (Å²) in [5.41, 5.74) is 1.46. The number of hydrogen-bond acceptors (Lipinski definition) is 3. The Kier molecular flexibility index (Phi) is 3.55. The van der Waals surface area contributed by atoms with E-state index < -0.39 is 0 Å². The zero-order valence-corrected chi connectivity index (χ0v) is 9.64. The van der Waals surface area contributed by atoms with Gasteiger partial charge < -0.3 is 9.73 Å². The third-order valence-corrected chi connectivity index (χ3v) is 2.36. The minimum atomic E-state index is -0.219. The van der Waals surface area contributed by atoms with Crippen molar-refractivity contribution < 1.29 is 9.21 Å². The molecule has 2 rings (SSSR count). The Labute approximate surface area is 99.7 Å². The zero-order valence-electron chi connectivity index (χ0n) is 9.64. The third-order valence-electron chi connectivity index (χ3n) is 2.36. The predicted molar refractivity (Wildman–Crippen MR) is 64.6 cm³/mol. The molecule has 0 saturated carbocycles. The number of nitrogens with zero attached hydrogens (tertiary/aromatic N) is 1. The Morgan fingerprint density at radius 1 is 1.35 bits per heavy atom. The maximum atomic E-state index is 11.8. The van der Waals surface area contributed by atoms with Crippen LogP contribution >= 0.6 is 0 Å². The molecule has 0 aliphatic carbocycles. The molecule has 0 saturated heterocycles. The molecule has 0 unspecified atom stereocenters. The Bertz CT molecular complexity index is 491. The van der Waals surface area contributed by atoms with E-state index in [1.165, 1.54) is 6.39 Å². The van der Waals surface area contributed by atoms with Crippen molar-refractivity contribution in [2.75, 3.05) is 6.54 Å². The van der Waals surface area contributed by atoms with E-state index in [4.69, 9.17) is 4.42 Å². The van der Waals surface area contributed by atoms with Crippen molar-refractivity contribution in [2.24, 2.45) is 0 Å². The number of nitrogens with one attached hydrogen (secondary N) is 1. The molecule has 88 valence electrons. The van der Waals surface area contributed by atoms with Crippen LogP contribution < -0.4 is 5.32 Å². The normalized spacial score (nSPS) is 10.2. The van der Waals surface area contributed by atoms with Crippen molar-refractivity contribution in [1.82, 2.24) is 10.3 Å². The molecule has 1 aromatic carbocycles. The van der Waals surface area contributed by atoms with Gasteiger partial charge in [-0.15, -0.1) is 0 Å². The van der Waals surface area contributed by atoms with Crippen LogP contribution in [0, 0.1) is 0 Å². The van der Waals surface area contributed by atoms with Crippen LogP contribution in [0.2, 0.25) is 0 Å². The van der Waals surface area contributed by atoms with Gasteiger partial charge in [0.1, 0.15) is 5.69 Å². The molecule has 0 spiro atoms. The summed E-state index contributed by atoms with van der Waals surface area (Å²) < 4.78 is 5.15. The van der Waals surface area contributed by atoms with Crippen molar-refractivity contribution in [3.8, 4) is 11.3 Å². The summed E-state index contributed by atoms with van der Waals surface area (Å²) in [4.78, 5) is 15.9. The van der Waals surface area contributed by atoms with E-state index in [2.05, 4.69) is 10.3 Å². The Morgan fingerprint density at radius 3 is 2.82 bits per heavy atom. The second-order valence-corrected chi connectivity index (χ2v) is 3.65. The molecule has 0 fully saturated rings. The maximum absolute atomic E-state index is 11.8. The number of hydrogen-bond donors (Lipinski definition) is 1. The van der Waals surface area contributed by atoms with E-state index in [1.807, 2.05) is 37.3 Å². The van der Waals surface area contributed by atoms with Crippen molar-refractivity contribution in [3.05, 3.63) is 42.5 Å². The van der Waals surface area contributed by atoms with Gasteiger partial charge in [-0.1, -0.05) is 37.3 Å². The number of carbonyl (C=O) groups is 1. The molecule has 1 aromatic heterocycles. The molecular weight excluding hydrogens is 216 g/mol. The standard InChI is InChI=1S/C13H14N2O2/c1-2-8-14-13(16)12-11(15-9-17-12)10-6-4-3-5-7-10/h3-7,9H,2,8H2,1H3,(H,14,16). The molecule has 17 heavy (non-hydrogen) atoms. The minimum Gasteiger partial charge on any atom is -0.438 e. The minimum absolute atomic E-state index is 0.219. The van der Waals surface area contributed by atoms with Gasteiger partial charge in [0.25, 0.3) is 5.91 Å². The fourth-order valence-electron chi connectivity index (χ4n) is 1.53. The van der Waals surface area contributed by atoms with Crippen LogP contribution in [-0.2, 0) is 0 Å². The van der Waals surface area contributed by atoms with Gasteiger partial charge in [-0.3, -0.25) is 4.79 Å². The van der Waals surface area contributed by atoms with Gasteiger partial charge in [-0.2, -0.15) is 0 Å². The number of aromatic nitrogens is 1. The molecule has 0 aliphatic heterocycles. The van der Waals surface area contributed by atoms with Crippen molar-refractivity contribution in [2.45, 2.75) is 13.3 Å². The van der Waals surface area contributed by atoms with E-state index in [0.717, 1.165) is 12.0 Å². The lowest BCUT2D eigenvalue weighted by Crippen LogP contribution is -2.24. The summed E-state index contributed by atoms with van der Waals surface area (Å²) >= 11 is 0. The number of carbonyl (C=O) groups excluding carboxylic acids is 1. The van der Waals surface area contributed by atoms with Crippen molar-refractivity contribution >= 4 is 5.91 Å². The lowest BCUT2D eigenvalue weighted by molar-refractivity contribution is 0.0927. The van der Waals surface area contributed by atoms with E-state index >= 15 is 0 Å². The summed E-state index contributed by atoms with van der Waals surface area (Å²) in [6.45, 7) is 2.63. The molecule has 1 N–H and O–H groups in total. The average molecular weight is 230 g/mol. The fourth-order valence-corrected chi connectivity index (χ4v) is 1.53. The average Bonchev–Trinajstić information content (AvgIpc) is 2.86. The van der Waals surface area contributed by atoms with Gasteiger partial charge in [0.15, 0.2) is 6.39 Å². The first kappa shape index (κ1) is 11.4. The largest absolute Gasteiger partial charge is 0.438 e. The van der Waals surface area contributed by atoms with E-state index in [0.29, 0.717) is 12.2 Å². The van der Waals surface area contributed by atoms with E-state index in [-0.39, 0.29) is 11.7 Å². The van der Waals surface area contributed by atoms with Crippen molar-refractivity contribution in [1.29, 1.82) is 0 Å². The van der Waals surface area contributed by atoms with Crippen LogP contribution in [0.1, 0.15) is 23.9 Å². The molecule has 1 amide bonds. The SMILES string of the molecule is CCCNC(=O)c1ocnc1-c1ccccc1. The zero-order chi connectivity index (χ0) is 12.1. The number of rotatable bonds is 4. The highest BCUT2D eigenvalue weighted by Gasteiger charge is 2.17. The topological polar surface area (TPSA) is 55.1 Å². The van der Waals surface area contributed by atoms with E-state index in [9.17, 15) is 4.79 Å². The van der Waals surface area contributed by atoms with Crippen LogP contribution in [0.15, 0.2) is 41.1 Å². The smallest absolute Gasteiger partial charge is 0.289 e. The maximum Gasteiger partial charge on any atom is 0.289 e. The van der Waals surface area contributed by atoms with Gasteiger partial charge in [0, 0.05) is 12.1 Å². The Morgan fingerprint density at radius 2 is 2.12 bits per heavy atom. The Balaban J connectivity index is 2.26. The Hall–Kier alpha value is -2.10. The third kappa shape index (κ3) is 2.53. The summed E-state index contributed by atoms with van der Waals surface area (Å²) in [6, 6.07) is 9.51. The lowest BCUT2D eigenvalue weighted by atomic mass is 10.1. The molecule has 0 radical (unpaired) electrons.